The average Bonchev–Trinajstić information content (AvgIpc) is 3.67. The van der Waals surface area contributed by atoms with Crippen LogP contribution in [0.3, 0.4) is 0 Å². The Morgan fingerprint density at radius 2 is 1.72 bits per heavy atom. The van der Waals surface area contributed by atoms with Gasteiger partial charge in [-0.25, -0.2) is 30.4 Å². The van der Waals surface area contributed by atoms with Crippen LogP contribution < -0.4 is 0 Å². The second-order valence-electron chi connectivity index (χ2n) is 10.1. The molecule has 0 unspecified atom stereocenters. The normalized spacial score (nSPS) is 11.5. The minimum atomic E-state index is -4.43. The van der Waals surface area contributed by atoms with Gasteiger partial charge in [-0.1, -0.05) is 41.9 Å². The molecule has 4 aromatic carbocycles. The Morgan fingerprint density at radius 3 is 2.41 bits per heavy atom. The van der Waals surface area contributed by atoms with E-state index in [1.54, 1.807) is 35.7 Å². The second kappa shape index (κ2) is 12.1. The number of aromatic nitrogens is 1. The Bertz CT molecular complexity index is 2330. The van der Waals surface area contributed by atoms with Crippen molar-refractivity contribution in [2.45, 2.75) is 11.6 Å². The lowest BCUT2D eigenvalue weighted by atomic mass is 9.96. The zero-order valence-corrected chi connectivity index (χ0v) is 26.1. The van der Waals surface area contributed by atoms with Crippen molar-refractivity contribution in [1.82, 2.24) is 3.97 Å². The van der Waals surface area contributed by atoms with E-state index >= 15 is 4.39 Å². The lowest BCUT2D eigenvalue weighted by molar-refractivity contribution is 0.0595. The number of halogens is 4. The Labute approximate surface area is 270 Å². The molecule has 12 heteroatoms. The molecule has 0 N–H and O–H groups in total. The number of hydrogen-bond acceptors (Lipinski definition) is 6. The summed E-state index contributed by atoms with van der Waals surface area (Å²) in [5, 5.41) is 11.9. The van der Waals surface area contributed by atoms with E-state index < -0.39 is 34.3 Å². The summed E-state index contributed by atoms with van der Waals surface area (Å²) in [5.74, 6) is -2.41. The highest BCUT2D eigenvalue weighted by Crippen LogP contribution is 2.46. The van der Waals surface area contributed by atoms with Gasteiger partial charge in [-0.15, -0.1) is 11.3 Å². The van der Waals surface area contributed by atoms with Crippen LogP contribution in [0.4, 0.5) is 13.2 Å². The molecular weight excluding hydrogens is 657 g/mol. The lowest BCUT2D eigenvalue weighted by Crippen LogP contribution is -2.14. The van der Waals surface area contributed by atoms with Crippen molar-refractivity contribution in [3.05, 3.63) is 123 Å². The first-order valence-corrected chi connectivity index (χ1v) is 16.2. The first kappa shape index (κ1) is 31.1. The molecular formula is C34H20ClF3N2O4S2. The van der Waals surface area contributed by atoms with Gasteiger partial charge in [-0.2, -0.15) is 5.26 Å². The summed E-state index contributed by atoms with van der Waals surface area (Å²) in [6.07, 6.45) is 0. The molecule has 0 radical (unpaired) electrons. The van der Waals surface area contributed by atoms with E-state index in [0.717, 1.165) is 40.6 Å². The molecule has 0 aliphatic heterocycles. The number of carbonyl (C=O) groups is 1. The van der Waals surface area contributed by atoms with Crippen molar-refractivity contribution < 1.29 is 31.1 Å². The van der Waals surface area contributed by atoms with Gasteiger partial charge in [0.1, 0.15) is 29.3 Å². The number of hydrogen-bond donors (Lipinski definition) is 0. The number of methoxy groups -OCH3 is 1. The van der Waals surface area contributed by atoms with Crippen LogP contribution in [-0.2, 0) is 21.4 Å². The number of benzene rings is 4. The van der Waals surface area contributed by atoms with Crippen LogP contribution in [0.25, 0.3) is 44.4 Å². The fourth-order valence-corrected chi connectivity index (χ4v) is 7.84. The quantitative estimate of drug-likeness (QED) is 0.158. The Kier molecular flexibility index (Phi) is 8.20. The van der Waals surface area contributed by atoms with Gasteiger partial charge in [0.2, 0.25) is 0 Å². The molecule has 6 aromatic rings. The van der Waals surface area contributed by atoms with Crippen molar-refractivity contribution >= 4 is 49.8 Å². The summed E-state index contributed by atoms with van der Waals surface area (Å²) in [6.45, 7) is -0.785. The van der Waals surface area contributed by atoms with Crippen molar-refractivity contribution in [3.8, 4) is 39.6 Å². The van der Waals surface area contributed by atoms with Gasteiger partial charge in [0.15, 0.2) is 0 Å². The van der Waals surface area contributed by atoms with E-state index in [1.165, 1.54) is 36.4 Å². The number of rotatable bonds is 7. The van der Waals surface area contributed by atoms with Crippen LogP contribution in [0.1, 0.15) is 20.8 Å². The van der Waals surface area contributed by atoms with Crippen LogP contribution in [0.15, 0.2) is 95.2 Å². The van der Waals surface area contributed by atoms with Gasteiger partial charge in [-0.05, 0) is 71.1 Å². The van der Waals surface area contributed by atoms with E-state index in [4.69, 9.17) is 11.6 Å². The zero-order chi connectivity index (χ0) is 32.7. The van der Waals surface area contributed by atoms with E-state index in [2.05, 4.69) is 10.8 Å². The summed E-state index contributed by atoms with van der Waals surface area (Å²) in [5.41, 5.74) is 1.74. The van der Waals surface area contributed by atoms with Gasteiger partial charge in [0.25, 0.3) is 10.0 Å². The Balaban J connectivity index is 1.70. The van der Waals surface area contributed by atoms with Crippen molar-refractivity contribution in [1.29, 1.82) is 5.26 Å². The van der Waals surface area contributed by atoms with Crippen LogP contribution in [0.5, 0.6) is 0 Å². The van der Waals surface area contributed by atoms with Crippen molar-refractivity contribution in [2.24, 2.45) is 0 Å². The van der Waals surface area contributed by atoms with E-state index in [-0.39, 0.29) is 53.6 Å². The maximum Gasteiger partial charge on any atom is 0.340 e. The first-order valence-electron chi connectivity index (χ1n) is 13.5. The summed E-state index contributed by atoms with van der Waals surface area (Å²) >= 11 is 7.64. The fourth-order valence-electron chi connectivity index (χ4n) is 5.34. The maximum absolute atomic E-state index is 15.0. The van der Waals surface area contributed by atoms with Gasteiger partial charge in [0, 0.05) is 32.7 Å². The lowest BCUT2D eigenvalue weighted by Gasteiger charge is -2.15. The Morgan fingerprint density at radius 1 is 0.978 bits per heavy atom. The van der Waals surface area contributed by atoms with Crippen molar-refractivity contribution in [2.75, 3.05) is 7.11 Å². The number of nitriles is 1. The number of carbonyl (C=O) groups excluding carboxylic acids is 1. The molecule has 0 saturated carbocycles. The number of alkyl halides is 1. The van der Waals surface area contributed by atoms with Crippen LogP contribution in [-0.4, -0.2) is 25.5 Å². The standard InChI is InChI=1S/C34H20ClF3N2O4S2/c1-44-34(41)26-15-28(35)25(16-29(26)38)20-3-2-4-21(13-20)33-32(24-11-12-45-31(24)18-39)27-14-22(37)7-10-30(27)40(33)46(42,43)23-8-5-19(17-36)6-9-23/h2-16H,17H2,1H3. The molecule has 2 heterocycles. The minimum absolute atomic E-state index is 0.0342. The van der Waals surface area contributed by atoms with Gasteiger partial charge < -0.3 is 4.74 Å². The SMILES string of the molecule is COC(=O)c1cc(Cl)c(-c2cccc(-c3c(-c4ccsc4C#N)c4cc(F)ccc4n3S(=O)(=O)c3ccc(CF)cc3)c2)cc1F. The molecule has 46 heavy (non-hydrogen) atoms. The average molecular weight is 677 g/mol. The molecule has 0 aliphatic carbocycles. The smallest absolute Gasteiger partial charge is 0.340 e. The molecule has 6 rings (SSSR count). The third-order valence-electron chi connectivity index (χ3n) is 7.45. The number of nitrogens with zero attached hydrogens (tertiary/aromatic N) is 2. The third kappa shape index (κ3) is 5.24. The minimum Gasteiger partial charge on any atom is -0.465 e. The predicted octanol–water partition coefficient (Wildman–Crippen LogP) is 9.00. The van der Waals surface area contributed by atoms with Crippen molar-refractivity contribution in [3.63, 3.8) is 0 Å². The number of thiophene rings is 1. The van der Waals surface area contributed by atoms with E-state index in [1.807, 2.05) is 0 Å². The Hall–Kier alpha value is -4.89. The predicted molar refractivity (Wildman–Crippen MR) is 171 cm³/mol. The number of fused-ring (bicyclic) bond motifs is 1. The molecule has 6 nitrogen and oxygen atoms in total. The second-order valence-corrected chi connectivity index (χ2v) is 13.2. The van der Waals surface area contributed by atoms with Crippen LogP contribution >= 0.6 is 22.9 Å². The number of ether oxygens (including phenoxy) is 1. The van der Waals surface area contributed by atoms with E-state index in [9.17, 15) is 27.3 Å². The summed E-state index contributed by atoms with van der Waals surface area (Å²) < 4.78 is 77.7. The molecule has 0 spiro atoms. The van der Waals surface area contributed by atoms with Gasteiger partial charge >= 0.3 is 5.97 Å². The summed E-state index contributed by atoms with van der Waals surface area (Å²) in [7, 11) is -3.31. The summed E-state index contributed by atoms with van der Waals surface area (Å²) in [6, 6.07) is 21.4. The molecule has 2 aromatic heterocycles. The largest absolute Gasteiger partial charge is 0.465 e. The highest BCUT2D eigenvalue weighted by Gasteiger charge is 2.30. The molecule has 230 valence electrons. The highest BCUT2D eigenvalue weighted by molar-refractivity contribution is 7.90. The van der Waals surface area contributed by atoms with Crippen LogP contribution in [0, 0.1) is 23.0 Å². The molecule has 0 fully saturated rings. The number of esters is 1. The fraction of sp³-hybridized carbons (Fsp3) is 0.0588. The molecule has 0 amide bonds. The van der Waals surface area contributed by atoms with E-state index in [0.29, 0.717) is 16.7 Å². The third-order valence-corrected chi connectivity index (χ3v) is 10.3. The topological polar surface area (TPSA) is 89.2 Å². The summed E-state index contributed by atoms with van der Waals surface area (Å²) in [4.78, 5) is 12.1. The first-order chi connectivity index (χ1) is 22.1. The van der Waals surface area contributed by atoms with Crippen LogP contribution in [0.2, 0.25) is 5.02 Å². The van der Waals surface area contributed by atoms with Gasteiger partial charge in [-0.3, -0.25) is 0 Å². The molecule has 0 bridgehead atoms. The van der Waals surface area contributed by atoms with Gasteiger partial charge in [0.05, 0.1) is 28.8 Å². The zero-order valence-electron chi connectivity index (χ0n) is 23.7. The maximum atomic E-state index is 15.0. The molecule has 0 aliphatic rings. The highest BCUT2D eigenvalue weighted by atomic mass is 35.5. The molecule has 0 atom stereocenters. The molecule has 0 saturated heterocycles. The monoisotopic (exact) mass is 676 g/mol.